The van der Waals surface area contributed by atoms with Gasteiger partial charge in [-0.3, -0.25) is 9.59 Å². The number of anilines is 1. The van der Waals surface area contributed by atoms with E-state index in [-0.39, 0.29) is 17.6 Å². The zero-order chi connectivity index (χ0) is 19.9. The molecule has 2 N–H and O–H groups in total. The molecule has 3 rings (SSSR count). The Morgan fingerprint density at radius 3 is 2.61 bits per heavy atom. The lowest BCUT2D eigenvalue weighted by molar-refractivity contribution is -0.129. The van der Waals surface area contributed by atoms with Crippen LogP contribution in [0.3, 0.4) is 0 Å². The zero-order valence-electron chi connectivity index (χ0n) is 16.1. The van der Waals surface area contributed by atoms with Crippen molar-refractivity contribution in [2.45, 2.75) is 43.0 Å². The first-order chi connectivity index (χ1) is 13.5. The van der Waals surface area contributed by atoms with Gasteiger partial charge in [0.2, 0.25) is 5.91 Å². The number of nitrogens with one attached hydrogen (secondary N) is 1. The topological polar surface area (TPSA) is 69.6 Å². The third kappa shape index (κ3) is 5.29. The molecule has 0 aromatic heterocycles. The summed E-state index contributed by atoms with van der Waals surface area (Å²) in [7, 11) is 1.89. The van der Waals surface area contributed by atoms with Gasteiger partial charge in [0, 0.05) is 29.7 Å². The van der Waals surface area contributed by atoms with Gasteiger partial charge in [0.15, 0.2) is 0 Å². The molecule has 0 aliphatic heterocycles. The molecule has 0 heterocycles. The number of hydrogen-bond acceptors (Lipinski definition) is 4. The second-order valence-corrected chi connectivity index (χ2v) is 8.10. The van der Waals surface area contributed by atoms with Crippen LogP contribution in [0.1, 0.15) is 42.5 Å². The normalized spacial score (nSPS) is 14.5. The Kier molecular flexibility index (Phi) is 6.98. The van der Waals surface area contributed by atoms with E-state index in [9.17, 15) is 14.7 Å². The Balaban J connectivity index is 1.63. The second kappa shape index (κ2) is 9.64. The summed E-state index contributed by atoms with van der Waals surface area (Å²) >= 11 is 1.39. The lowest BCUT2D eigenvalue weighted by Gasteiger charge is -2.31. The minimum Gasteiger partial charge on any atom is -0.508 e. The van der Waals surface area contributed by atoms with E-state index in [1.165, 1.54) is 37.1 Å². The molecule has 1 fully saturated rings. The first-order valence-electron chi connectivity index (χ1n) is 9.62. The van der Waals surface area contributed by atoms with Gasteiger partial charge in [-0.05, 0) is 37.1 Å². The fraction of sp³-hybridized carbons (Fsp3) is 0.364. The summed E-state index contributed by atoms with van der Waals surface area (Å²) in [6.07, 6.45) is 5.79. The van der Waals surface area contributed by atoms with Crippen molar-refractivity contribution in [2.75, 3.05) is 18.1 Å². The summed E-state index contributed by atoms with van der Waals surface area (Å²) in [4.78, 5) is 27.9. The number of hydrogen-bond donors (Lipinski definition) is 2. The maximum absolute atomic E-state index is 12.7. The van der Waals surface area contributed by atoms with Gasteiger partial charge in [0.1, 0.15) is 5.75 Å². The highest BCUT2D eigenvalue weighted by atomic mass is 32.2. The molecule has 0 atom stereocenters. The number of amides is 2. The number of nitrogens with zero attached hydrogens (tertiary/aromatic N) is 1. The lowest BCUT2D eigenvalue weighted by atomic mass is 9.94. The van der Waals surface area contributed by atoms with Crippen molar-refractivity contribution in [1.82, 2.24) is 4.90 Å². The van der Waals surface area contributed by atoms with Crippen LogP contribution in [0.2, 0.25) is 0 Å². The summed E-state index contributed by atoms with van der Waals surface area (Å²) < 4.78 is 0. The zero-order valence-corrected chi connectivity index (χ0v) is 16.9. The predicted molar refractivity (Wildman–Crippen MR) is 113 cm³/mol. The highest BCUT2D eigenvalue weighted by Crippen LogP contribution is 2.26. The van der Waals surface area contributed by atoms with Gasteiger partial charge in [-0.25, -0.2) is 0 Å². The van der Waals surface area contributed by atoms with E-state index in [1.54, 1.807) is 30.3 Å². The molecule has 2 amide bonds. The molecule has 1 saturated carbocycles. The van der Waals surface area contributed by atoms with E-state index >= 15 is 0 Å². The minimum absolute atomic E-state index is 0.0943. The van der Waals surface area contributed by atoms with E-state index in [4.69, 9.17) is 0 Å². The molecule has 2 aromatic carbocycles. The summed E-state index contributed by atoms with van der Waals surface area (Å²) in [5.74, 6) is 0.238. The number of thioether (sulfide) groups is 1. The number of benzene rings is 2. The molecule has 28 heavy (non-hydrogen) atoms. The third-order valence-electron chi connectivity index (χ3n) is 5.10. The summed E-state index contributed by atoms with van der Waals surface area (Å²) in [5, 5.41) is 12.4. The molecule has 0 bridgehead atoms. The molecular formula is C22H26N2O3S. The number of aromatic hydroxyl groups is 1. The molecule has 0 saturated heterocycles. The van der Waals surface area contributed by atoms with E-state index in [0.717, 1.165) is 17.7 Å². The monoisotopic (exact) mass is 398 g/mol. The molecule has 2 aromatic rings. The minimum atomic E-state index is -0.262. The maximum atomic E-state index is 12.7. The average molecular weight is 399 g/mol. The molecular weight excluding hydrogens is 372 g/mol. The molecule has 5 nitrogen and oxygen atoms in total. The van der Waals surface area contributed by atoms with Crippen molar-refractivity contribution in [3.63, 3.8) is 0 Å². The molecule has 0 spiro atoms. The largest absolute Gasteiger partial charge is 0.508 e. The van der Waals surface area contributed by atoms with E-state index in [1.807, 2.05) is 24.1 Å². The van der Waals surface area contributed by atoms with Crippen LogP contribution < -0.4 is 5.32 Å². The number of phenols is 1. The van der Waals surface area contributed by atoms with Crippen LogP contribution in [-0.2, 0) is 4.79 Å². The highest BCUT2D eigenvalue weighted by molar-refractivity contribution is 8.00. The van der Waals surface area contributed by atoms with Crippen molar-refractivity contribution in [3.05, 3.63) is 54.1 Å². The molecule has 0 radical (unpaired) electrons. The first-order valence-corrected chi connectivity index (χ1v) is 10.6. The van der Waals surface area contributed by atoms with Gasteiger partial charge in [-0.15, -0.1) is 11.8 Å². The van der Waals surface area contributed by atoms with Crippen LogP contribution in [0, 0.1) is 0 Å². The van der Waals surface area contributed by atoms with Crippen molar-refractivity contribution in [2.24, 2.45) is 0 Å². The van der Waals surface area contributed by atoms with Gasteiger partial charge in [-0.2, -0.15) is 0 Å². The third-order valence-corrected chi connectivity index (χ3v) is 6.16. The van der Waals surface area contributed by atoms with E-state index in [0.29, 0.717) is 23.0 Å². The number of carbonyl (C=O) groups excluding carboxylic acids is 2. The maximum Gasteiger partial charge on any atom is 0.256 e. The van der Waals surface area contributed by atoms with E-state index in [2.05, 4.69) is 5.32 Å². The highest BCUT2D eigenvalue weighted by Gasteiger charge is 2.22. The summed E-state index contributed by atoms with van der Waals surface area (Å²) in [6, 6.07) is 14.0. The van der Waals surface area contributed by atoms with Gasteiger partial charge in [0.25, 0.3) is 5.91 Å². The Morgan fingerprint density at radius 2 is 1.86 bits per heavy atom. The fourth-order valence-corrected chi connectivity index (χ4v) is 4.45. The SMILES string of the molecule is CN(C(=O)CSc1ccccc1C(=O)Nc1cccc(O)c1)C1CCCCC1. The molecule has 0 unspecified atom stereocenters. The summed E-state index contributed by atoms with van der Waals surface area (Å²) in [5.41, 5.74) is 1.04. The summed E-state index contributed by atoms with van der Waals surface area (Å²) in [6.45, 7) is 0. The van der Waals surface area contributed by atoms with Crippen LogP contribution in [0.5, 0.6) is 5.75 Å². The molecule has 1 aliphatic rings. The van der Waals surface area contributed by atoms with Crippen molar-refractivity contribution >= 4 is 29.3 Å². The van der Waals surface area contributed by atoms with Crippen molar-refractivity contribution in [1.29, 1.82) is 0 Å². The van der Waals surface area contributed by atoms with Crippen LogP contribution in [-0.4, -0.2) is 40.7 Å². The number of carbonyl (C=O) groups is 2. The van der Waals surface area contributed by atoms with E-state index < -0.39 is 0 Å². The van der Waals surface area contributed by atoms with Gasteiger partial charge < -0.3 is 15.3 Å². The van der Waals surface area contributed by atoms with Gasteiger partial charge in [0.05, 0.1) is 11.3 Å². The predicted octanol–water partition coefficient (Wildman–Crippen LogP) is 4.53. The molecule has 1 aliphatic carbocycles. The Labute approximate surface area is 170 Å². The van der Waals surface area contributed by atoms with Crippen LogP contribution >= 0.6 is 11.8 Å². The van der Waals surface area contributed by atoms with Crippen molar-refractivity contribution < 1.29 is 14.7 Å². The number of phenolic OH excluding ortho intramolecular Hbond substituents is 1. The standard InChI is InChI=1S/C22H26N2O3S/c1-24(17-9-3-2-4-10-17)21(26)15-28-20-13-6-5-12-19(20)22(27)23-16-8-7-11-18(25)14-16/h5-8,11-14,17,25H,2-4,9-10,15H2,1H3,(H,23,27). The Morgan fingerprint density at radius 1 is 1.11 bits per heavy atom. The second-order valence-electron chi connectivity index (χ2n) is 7.09. The van der Waals surface area contributed by atoms with Crippen LogP contribution in [0.25, 0.3) is 0 Å². The number of rotatable bonds is 6. The molecule has 148 valence electrons. The van der Waals surface area contributed by atoms with Crippen LogP contribution in [0.4, 0.5) is 5.69 Å². The quantitative estimate of drug-likeness (QED) is 0.702. The Hall–Kier alpha value is -2.47. The smallest absolute Gasteiger partial charge is 0.256 e. The van der Waals surface area contributed by atoms with Crippen LogP contribution in [0.15, 0.2) is 53.4 Å². The van der Waals surface area contributed by atoms with Gasteiger partial charge >= 0.3 is 0 Å². The lowest BCUT2D eigenvalue weighted by Crippen LogP contribution is -2.39. The van der Waals surface area contributed by atoms with Crippen molar-refractivity contribution in [3.8, 4) is 5.75 Å². The fourth-order valence-electron chi connectivity index (χ4n) is 3.48. The first kappa shape index (κ1) is 20.3. The Bertz CT molecular complexity index is 834. The average Bonchev–Trinajstić information content (AvgIpc) is 2.72. The molecule has 6 heteroatoms. The van der Waals surface area contributed by atoms with Gasteiger partial charge in [-0.1, -0.05) is 37.5 Å².